The number of nitrogens with two attached hydrogens (primary N) is 1. The number of hydrogen-bond acceptors (Lipinski definition) is 3. The summed E-state index contributed by atoms with van der Waals surface area (Å²) in [6.45, 7) is 3.91. The number of nitrogens with one attached hydrogen (secondary N) is 1. The van der Waals surface area contributed by atoms with Crippen LogP contribution in [0.2, 0.25) is 0 Å². The molecule has 1 amide bonds. The van der Waals surface area contributed by atoms with Crippen LogP contribution in [0.1, 0.15) is 20.3 Å². The quantitative estimate of drug-likeness (QED) is 0.773. The number of aromatic nitrogens is 1. The van der Waals surface area contributed by atoms with E-state index in [2.05, 4.69) is 5.32 Å². The van der Waals surface area contributed by atoms with Gasteiger partial charge < -0.3 is 15.6 Å². The Hall–Kier alpha value is -1.78. The zero-order valence-electron chi connectivity index (χ0n) is 9.56. The molecule has 0 saturated heterocycles. The van der Waals surface area contributed by atoms with Crippen molar-refractivity contribution < 1.29 is 4.79 Å². The van der Waals surface area contributed by atoms with Gasteiger partial charge in [-0.15, -0.1) is 0 Å². The number of hydrogen-bond donors (Lipinski definition) is 2. The molecule has 0 aliphatic heterocycles. The molecule has 5 nitrogen and oxygen atoms in total. The van der Waals surface area contributed by atoms with E-state index < -0.39 is 0 Å². The molecule has 1 aromatic rings. The highest BCUT2D eigenvalue weighted by molar-refractivity contribution is 5.76. The first kappa shape index (κ1) is 12.3. The fourth-order valence-corrected chi connectivity index (χ4v) is 1.26. The maximum atomic E-state index is 11.5. The summed E-state index contributed by atoms with van der Waals surface area (Å²) in [6, 6.07) is 3.28. The molecule has 0 spiro atoms. The van der Waals surface area contributed by atoms with Gasteiger partial charge in [0.25, 0.3) is 5.56 Å². The van der Waals surface area contributed by atoms with E-state index in [0.29, 0.717) is 0 Å². The molecular weight excluding hydrogens is 206 g/mol. The highest BCUT2D eigenvalue weighted by Crippen LogP contribution is 1.93. The summed E-state index contributed by atoms with van der Waals surface area (Å²) in [5, 5.41) is 2.79. The van der Waals surface area contributed by atoms with Crippen molar-refractivity contribution >= 4 is 11.6 Å². The van der Waals surface area contributed by atoms with Crippen molar-refractivity contribution in [2.24, 2.45) is 0 Å². The largest absolute Gasteiger partial charge is 0.394 e. The van der Waals surface area contributed by atoms with Crippen molar-refractivity contribution in [3.05, 3.63) is 28.7 Å². The van der Waals surface area contributed by atoms with Crippen LogP contribution in [0, 0.1) is 0 Å². The zero-order valence-corrected chi connectivity index (χ0v) is 9.56. The van der Waals surface area contributed by atoms with Gasteiger partial charge in [0, 0.05) is 12.2 Å². The molecule has 1 atom stereocenters. The molecule has 0 aliphatic rings. The lowest BCUT2D eigenvalue weighted by atomic mass is 10.2. The molecule has 1 aromatic heterocycles. The van der Waals surface area contributed by atoms with Crippen molar-refractivity contribution in [3.63, 3.8) is 0 Å². The molecule has 88 valence electrons. The minimum atomic E-state index is -0.332. The van der Waals surface area contributed by atoms with Crippen LogP contribution in [0.5, 0.6) is 0 Å². The second-order valence-corrected chi connectivity index (χ2v) is 3.77. The topological polar surface area (TPSA) is 77.1 Å². The first-order chi connectivity index (χ1) is 7.54. The Kier molecular flexibility index (Phi) is 4.10. The third-order valence-electron chi connectivity index (χ3n) is 2.38. The molecule has 0 radical (unpaired) electrons. The van der Waals surface area contributed by atoms with Crippen LogP contribution in [-0.4, -0.2) is 16.5 Å². The van der Waals surface area contributed by atoms with Crippen LogP contribution >= 0.6 is 0 Å². The number of nitrogens with zero attached hydrogens (tertiary/aromatic N) is 1. The van der Waals surface area contributed by atoms with Gasteiger partial charge in [-0.1, -0.05) is 6.92 Å². The summed E-state index contributed by atoms with van der Waals surface area (Å²) in [6.07, 6.45) is 2.41. The molecule has 1 heterocycles. The van der Waals surface area contributed by atoms with E-state index in [1.807, 2.05) is 13.8 Å². The minimum Gasteiger partial charge on any atom is -0.394 e. The van der Waals surface area contributed by atoms with Crippen molar-refractivity contribution in [2.45, 2.75) is 32.9 Å². The predicted molar refractivity (Wildman–Crippen MR) is 63.0 cm³/mol. The second-order valence-electron chi connectivity index (χ2n) is 3.77. The van der Waals surface area contributed by atoms with Gasteiger partial charge in [0.2, 0.25) is 5.91 Å². The molecule has 3 N–H and O–H groups in total. The lowest BCUT2D eigenvalue weighted by Crippen LogP contribution is -2.37. The van der Waals surface area contributed by atoms with Crippen molar-refractivity contribution in [3.8, 4) is 0 Å². The smallest absolute Gasteiger partial charge is 0.274 e. The van der Waals surface area contributed by atoms with Gasteiger partial charge in [-0.25, -0.2) is 0 Å². The maximum absolute atomic E-state index is 11.5. The lowest BCUT2D eigenvalue weighted by molar-refractivity contribution is -0.122. The SMILES string of the molecule is CCC(C)NC(=O)Cn1cccc(N)c1=O. The van der Waals surface area contributed by atoms with Gasteiger partial charge >= 0.3 is 0 Å². The van der Waals surface area contributed by atoms with Crippen molar-refractivity contribution in [1.29, 1.82) is 0 Å². The Balaban J connectivity index is 2.70. The van der Waals surface area contributed by atoms with Crippen LogP contribution in [0.4, 0.5) is 5.69 Å². The summed E-state index contributed by atoms with van der Waals surface area (Å²) < 4.78 is 1.30. The van der Waals surface area contributed by atoms with Crippen LogP contribution in [0.25, 0.3) is 0 Å². The minimum absolute atomic E-state index is 0.00815. The Morgan fingerprint density at radius 3 is 2.94 bits per heavy atom. The summed E-state index contributed by atoms with van der Waals surface area (Å²) in [4.78, 5) is 23.1. The van der Waals surface area contributed by atoms with E-state index in [9.17, 15) is 9.59 Å². The fraction of sp³-hybridized carbons (Fsp3) is 0.455. The van der Waals surface area contributed by atoms with Crippen LogP contribution in [0.3, 0.4) is 0 Å². The molecule has 0 fully saturated rings. The number of nitrogen functional groups attached to an aromatic ring is 1. The molecule has 16 heavy (non-hydrogen) atoms. The van der Waals surface area contributed by atoms with Crippen LogP contribution in [0.15, 0.2) is 23.1 Å². The van der Waals surface area contributed by atoms with Crippen LogP contribution < -0.4 is 16.6 Å². The molecule has 5 heteroatoms. The predicted octanol–water partition coefficient (Wildman–Crippen LogP) is 0.345. The normalized spacial score (nSPS) is 12.1. The molecule has 1 rings (SSSR count). The second kappa shape index (κ2) is 5.34. The number of amides is 1. The van der Waals surface area contributed by atoms with Gasteiger partial charge in [0.1, 0.15) is 6.54 Å². The van der Waals surface area contributed by atoms with E-state index >= 15 is 0 Å². The number of anilines is 1. The van der Waals surface area contributed by atoms with Gasteiger partial charge in [-0.3, -0.25) is 9.59 Å². The average Bonchev–Trinajstić information content (AvgIpc) is 2.24. The number of carbonyl (C=O) groups excluding carboxylic acids is 1. The Bertz CT molecular complexity index is 425. The molecule has 0 bridgehead atoms. The van der Waals surface area contributed by atoms with Gasteiger partial charge in [0.15, 0.2) is 0 Å². The van der Waals surface area contributed by atoms with E-state index in [1.165, 1.54) is 10.6 Å². The van der Waals surface area contributed by atoms with E-state index in [0.717, 1.165) is 6.42 Å². The lowest BCUT2D eigenvalue weighted by Gasteiger charge is -2.12. The third-order valence-corrected chi connectivity index (χ3v) is 2.38. The summed E-state index contributed by atoms with van der Waals surface area (Å²) in [7, 11) is 0. The van der Waals surface area contributed by atoms with Gasteiger partial charge in [-0.2, -0.15) is 0 Å². The van der Waals surface area contributed by atoms with Crippen molar-refractivity contribution in [1.82, 2.24) is 9.88 Å². The molecule has 0 saturated carbocycles. The van der Waals surface area contributed by atoms with E-state index in [-0.39, 0.29) is 29.7 Å². The number of rotatable bonds is 4. The van der Waals surface area contributed by atoms with E-state index in [1.54, 1.807) is 12.3 Å². The Morgan fingerprint density at radius 1 is 1.62 bits per heavy atom. The summed E-state index contributed by atoms with van der Waals surface area (Å²) in [5.41, 5.74) is 5.28. The van der Waals surface area contributed by atoms with Gasteiger partial charge in [0.05, 0.1) is 5.69 Å². The average molecular weight is 223 g/mol. The highest BCUT2D eigenvalue weighted by Gasteiger charge is 2.07. The molecule has 0 aromatic carbocycles. The highest BCUT2D eigenvalue weighted by atomic mass is 16.2. The standard InChI is InChI=1S/C11H17N3O2/c1-3-8(2)13-10(15)7-14-6-4-5-9(12)11(14)16/h4-6,8H,3,7,12H2,1-2H3,(H,13,15). The number of carbonyl (C=O) groups is 1. The van der Waals surface area contributed by atoms with Gasteiger partial charge in [-0.05, 0) is 25.5 Å². The molecule has 1 unspecified atom stereocenters. The first-order valence-electron chi connectivity index (χ1n) is 5.29. The monoisotopic (exact) mass is 223 g/mol. The fourth-order valence-electron chi connectivity index (χ4n) is 1.26. The van der Waals surface area contributed by atoms with Crippen molar-refractivity contribution in [2.75, 3.05) is 5.73 Å². The Labute approximate surface area is 94.3 Å². The molecular formula is C11H17N3O2. The molecule has 0 aliphatic carbocycles. The summed E-state index contributed by atoms with van der Waals surface area (Å²) >= 11 is 0. The summed E-state index contributed by atoms with van der Waals surface area (Å²) in [5.74, 6) is -0.179. The van der Waals surface area contributed by atoms with Crippen LogP contribution in [-0.2, 0) is 11.3 Å². The Morgan fingerprint density at radius 2 is 2.31 bits per heavy atom. The zero-order chi connectivity index (χ0) is 12.1. The third kappa shape index (κ3) is 3.12. The van der Waals surface area contributed by atoms with E-state index in [4.69, 9.17) is 5.73 Å². The first-order valence-corrected chi connectivity index (χ1v) is 5.29. The maximum Gasteiger partial charge on any atom is 0.274 e. The number of pyridine rings is 1.